The molecule has 1 atom stereocenters. The number of ether oxygens (including phenoxy) is 2. The number of carbonyl (C=O) groups excluding carboxylic acids is 1. The average molecular weight is 357 g/mol. The third kappa shape index (κ3) is 5.51. The molecule has 0 radical (unpaired) electrons. The SMILES string of the molecule is CCOc1ccc(CCC(=O)NC(C(=O)O)c2ccc(OC)cc2)cc1. The molecule has 2 aromatic rings. The van der Waals surface area contributed by atoms with Crippen molar-refractivity contribution in [2.75, 3.05) is 13.7 Å². The van der Waals surface area contributed by atoms with E-state index in [2.05, 4.69) is 5.32 Å². The topological polar surface area (TPSA) is 84.9 Å². The van der Waals surface area contributed by atoms with Gasteiger partial charge in [-0.1, -0.05) is 24.3 Å². The van der Waals surface area contributed by atoms with Crippen LogP contribution in [0.2, 0.25) is 0 Å². The van der Waals surface area contributed by atoms with E-state index in [0.717, 1.165) is 11.3 Å². The Hall–Kier alpha value is -3.02. The number of aliphatic carboxylic acids is 1. The third-order valence-corrected chi connectivity index (χ3v) is 3.88. The molecular formula is C20H23NO5. The molecule has 0 aliphatic heterocycles. The number of carboxylic acids is 1. The van der Waals surface area contributed by atoms with Gasteiger partial charge in [-0.05, 0) is 48.7 Å². The standard InChI is InChI=1S/C20H23NO5/c1-3-26-17-9-4-14(5-10-17)6-13-18(22)21-19(20(23)24)15-7-11-16(25-2)12-8-15/h4-5,7-12,19H,3,6,13H2,1-2H3,(H,21,22)(H,23,24). The Morgan fingerprint density at radius 1 is 1.04 bits per heavy atom. The highest BCUT2D eigenvalue weighted by atomic mass is 16.5. The molecule has 0 saturated carbocycles. The summed E-state index contributed by atoms with van der Waals surface area (Å²) in [6.07, 6.45) is 0.723. The van der Waals surface area contributed by atoms with Crippen LogP contribution in [0.25, 0.3) is 0 Å². The molecule has 6 nitrogen and oxygen atoms in total. The van der Waals surface area contributed by atoms with E-state index in [9.17, 15) is 14.7 Å². The van der Waals surface area contributed by atoms with E-state index in [1.807, 2.05) is 31.2 Å². The van der Waals surface area contributed by atoms with Crippen molar-refractivity contribution >= 4 is 11.9 Å². The molecule has 6 heteroatoms. The summed E-state index contributed by atoms with van der Waals surface area (Å²) >= 11 is 0. The highest BCUT2D eigenvalue weighted by molar-refractivity contribution is 5.84. The first-order valence-corrected chi connectivity index (χ1v) is 8.41. The van der Waals surface area contributed by atoms with Crippen molar-refractivity contribution in [2.24, 2.45) is 0 Å². The second-order valence-corrected chi connectivity index (χ2v) is 5.69. The number of carbonyl (C=O) groups is 2. The number of aryl methyl sites for hydroxylation is 1. The number of hydrogen-bond donors (Lipinski definition) is 2. The van der Waals surface area contributed by atoms with Crippen molar-refractivity contribution < 1.29 is 24.2 Å². The van der Waals surface area contributed by atoms with Crippen LogP contribution in [0.1, 0.15) is 30.5 Å². The summed E-state index contributed by atoms with van der Waals surface area (Å²) in [5.74, 6) is -0.0162. The van der Waals surface area contributed by atoms with E-state index in [0.29, 0.717) is 24.3 Å². The Kier molecular flexibility index (Phi) is 7.02. The first-order chi connectivity index (χ1) is 12.5. The zero-order valence-corrected chi connectivity index (χ0v) is 14.9. The minimum Gasteiger partial charge on any atom is -0.497 e. The lowest BCUT2D eigenvalue weighted by Gasteiger charge is -2.15. The molecule has 0 saturated heterocycles. The zero-order valence-electron chi connectivity index (χ0n) is 14.9. The first kappa shape index (κ1) is 19.3. The lowest BCUT2D eigenvalue weighted by Crippen LogP contribution is -2.33. The molecule has 2 aromatic carbocycles. The van der Waals surface area contributed by atoms with Gasteiger partial charge < -0.3 is 19.9 Å². The molecular weight excluding hydrogens is 334 g/mol. The Bertz CT molecular complexity index is 725. The van der Waals surface area contributed by atoms with Gasteiger partial charge in [-0.2, -0.15) is 0 Å². The summed E-state index contributed by atoms with van der Waals surface area (Å²) in [6, 6.07) is 13.0. The Balaban J connectivity index is 1.93. The molecule has 2 N–H and O–H groups in total. The number of hydrogen-bond acceptors (Lipinski definition) is 4. The molecule has 2 rings (SSSR count). The third-order valence-electron chi connectivity index (χ3n) is 3.88. The van der Waals surface area contributed by atoms with Gasteiger partial charge in [0.1, 0.15) is 11.5 Å². The minimum absolute atomic E-state index is 0.202. The molecule has 0 aliphatic rings. The molecule has 0 aliphatic carbocycles. The molecule has 0 heterocycles. The summed E-state index contributed by atoms with van der Waals surface area (Å²) in [5.41, 5.74) is 1.48. The molecule has 0 aromatic heterocycles. The van der Waals surface area contributed by atoms with Gasteiger partial charge in [0.05, 0.1) is 13.7 Å². The van der Waals surface area contributed by atoms with Crippen molar-refractivity contribution in [3.05, 3.63) is 59.7 Å². The van der Waals surface area contributed by atoms with Gasteiger partial charge in [-0.15, -0.1) is 0 Å². The summed E-state index contributed by atoms with van der Waals surface area (Å²) in [7, 11) is 1.53. The van der Waals surface area contributed by atoms with Gasteiger partial charge in [0.15, 0.2) is 6.04 Å². The Morgan fingerprint density at radius 2 is 1.65 bits per heavy atom. The Labute approximate surface area is 152 Å². The average Bonchev–Trinajstić information content (AvgIpc) is 2.66. The van der Waals surface area contributed by atoms with Crippen molar-refractivity contribution in [1.29, 1.82) is 0 Å². The van der Waals surface area contributed by atoms with E-state index in [1.54, 1.807) is 24.3 Å². The highest BCUT2D eigenvalue weighted by Crippen LogP contribution is 2.18. The molecule has 0 spiro atoms. The quantitative estimate of drug-likeness (QED) is 0.721. The molecule has 138 valence electrons. The number of carboxylic acid groups (broad SMARTS) is 1. The summed E-state index contributed by atoms with van der Waals surface area (Å²) in [6.45, 7) is 2.52. The summed E-state index contributed by atoms with van der Waals surface area (Å²) < 4.78 is 10.4. The molecule has 26 heavy (non-hydrogen) atoms. The molecule has 1 amide bonds. The second kappa shape index (κ2) is 9.46. The fourth-order valence-electron chi connectivity index (χ4n) is 2.49. The van der Waals surface area contributed by atoms with Crippen LogP contribution in [-0.2, 0) is 16.0 Å². The van der Waals surface area contributed by atoms with Crippen LogP contribution in [-0.4, -0.2) is 30.7 Å². The molecule has 0 fully saturated rings. The van der Waals surface area contributed by atoms with Crippen LogP contribution in [0.3, 0.4) is 0 Å². The maximum absolute atomic E-state index is 12.2. The van der Waals surface area contributed by atoms with Crippen molar-refractivity contribution in [3.63, 3.8) is 0 Å². The van der Waals surface area contributed by atoms with Crippen LogP contribution in [0.5, 0.6) is 11.5 Å². The van der Waals surface area contributed by atoms with E-state index in [4.69, 9.17) is 9.47 Å². The van der Waals surface area contributed by atoms with Gasteiger partial charge in [0.2, 0.25) is 5.91 Å². The van der Waals surface area contributed by atoms with Gasteiger partial charge >= 0.3 is 5.97 Å². The second-order valence-electron chi connectivity index (χ2n) is 5.69. The maximum atomic E-state index is 12.2. The van der Waals surface area contributed by atoms with Gasteiger partial charge in [0.25, 0.3) is 0 Å². The van der Waals surface area contributed by atoms with Crippen LogP contribution in [0, 0.1) is 0 Å². The van der Waals surface area contributed by atoms with Crippen molar-refractivity contribution in [1.82, 2.24) is 5.32 Å². The summed E-state index contributed by atoms with van der Waals surface area (Å²) in [5, 5.41) is 12.0. The van der Waals surface area contributed by atoms with Gasteiger partial charge in [-0.25, -0.2) is 4.79 Å². The van der Waals surface area contributed by atoms with E-state index in [-0.39, 0.29) is 12.3 Å². The van der Waals surface area contributed by atoms with E-state index < -0.39 is 12.0 Å². The van der Waals surface area contributed by atoms with Gasteiger partial charge in [0, 0.05) is 6.42 Å². The maximum Gasteiger partial charge on any atom is 0.330 e. The smallest absolute Gasteiger partial charge is 0.330 e. The van der Waals surface area contributed by atoms with Crippen LogP contribution >= 0.6 is 0 Å². The minimum atomic E-state index is -1.11. The predicted octanol–water partition coefficient (Wildman–Crippen LogP) is 2.97. The van der Waals surface area contributed by atoms with Crippen LogP contribution < -0.4 is 14.8 Å². The number of benzene rings is 2. The number of rotatable bonds is 9. The van der Waals surface area contributed by atoms with Crippen LogP contribution in [0.4, 0.5) is 0 Å². The fraction of sp³-hybridized carbons (Fsp3) is 0.300. The van der Waals surface area contributed by atoms with E-state index in [1.165, 1.54) is 7.11 Å². The van der Waals surface area contributed by atoms with Crippen LogP contribution in [0.15, 0.2) is 48.5 Å². The van der Waals surface area contributed by atoms with Crippen molar-refractivity contribution in [2.45, 2.75) is 25.8 Å². The summed E-state index contributed by atoms with van der Waals surface area (Å²) in [4.78, 5) is 23.7. The lowest BCUT2D eigenvalue weighted by molar-refractivity contribution is -0.142. The highest BCUT2D eigenvalue weighted by Gasteiger charge is 2.21. The molecule has 1 unspecified atom stereocenters. The number of nitrogens with one attached hydrogen (secondary N) is 1. The largest absolute Gasteiger partial charge is 0.497 e. The molecule has 0 bridgehead atoms. The number of amides is 1. The fourth-order valence-corrected chi connectivity index (χ4v) is 2.49. The lowest BCUT2D eigenvalue weighted by atomic mass is 10.1. The normalized spacial score (nSPS) is 11.5. The van der Waals surface area contributed by atoms with E-state index >= 15 is 0 Å². The first-order valence-electron chi connectivity index (χ1n) is 8.41. The Morgan fingerprint density at radius 3 is 2.19 bits per heavy atom. The van der Waals surface area contributed by atoms with Gasteiger partial charge in [-0.3, -0.25) is 4.79 Å². The predicted molar refractivity (Wildman–Crippen MR) is 97.4 cm³/mol. The zero-order chi connectivity index (χ0) is 18.9. The number of methoxy groups -OCH3 is 1. The van der Waals surface area contributed by atoms with Crippen molar-refractivity contribution in [3.8, 4) is 11.5 Å². The monoisotopic (exact) mass is 357 g/mol.